The third kappa shape index (κ3) is 9.09. The molecule has 0 saturated carbocycles. The monoisotopic (exact) mass is 233 g/mol. The molecule has 1 unspecified atom stereocenters. The summed E-state index contributed by atoms with van der Waals surface area (Å²) in [6.45, 7) is 8.66. The normalized spacial score (nSPS) is 14.1. The van der Waals surface area contributed by atoms with Crippen molar-refractivity contribution in [2.75, 3.05) is 33.5 Å². The van der Waals surface area contributed by atoms with Gasteiger partial charge in [0.05, 0.1) is 18.8 Å². The summed E-state index contributed by atoms with van der Waals surface area (Å²) in [5, 5.41) is 13.0. The molecule has 2 N–H and O–H groups in total. The van der Waals surface area contributed by atoms with Crippen molar-refractivity contribution >= 4 is 0 Å². The molecule has 0 spiro atoms. The van der Waals surface area contributed by atoms with Crippen LogP contribution in [-0.2, 0) is 9.47 Å². The molecule has 98 valence electrons. The summed E-state index contributed by atoms with van der Waals surface area (Å²) in [5.74, 6) is 0. The predicted octanol–water partition coefficient (Wildman–Crippen LogP) is 1.18. The van der Waals surface area contributed by atoms with Crippen molar-refractivity contribution < 1.29 is 14.6 Å². The first-order valence-corrected chi connectivity index (χ1v) is 6.01. The number of rotatable bonds is 10. The van der Waals surface area contributed by atoms with Gasteiger partial charge in [-0.3, -0.25) is 0 Å². The second kappa shape index (κ2) is 8.93. The number of methoxy groups -OCH3 is 1. The highest BCUT2D eigenvalue weighted by molar-refractivity contribution is 4.79. The van der Waals surface area contributed by atoms with Gasteiger partial charge >= 0.3 is 0 Å². The Morgan fingerprint density at radius 3 is 2.44 bits per heavy atom. The predicted molar refractivity (Wildman–Crippen MR) is 65.7 cm³/mol. The molecular formula is C12H27NO3. The minimum absolute atomic E-state index is 0.113. The van der Waals surface area contributed by atoms with Gasteiger partial charge in [-0.1, -0.05) is 0 Å². The van der Waals surface area contributed by atoms with Crippen LogP contribution >= 0.6 is 0 Å². The van der Waals surface area contributed by atoms with Crippen molar-refractivity contribution in [3.63, 3.8) is 0 Å². The molecule has 0 bridgehead atoms. The Kier molecular flexibility index (Phi) is 8.84. The summed E-state index contributed by atoms with van der Waals surface area (Å²) in [6, 6.07) is 0.113. The zero-order chi connectivity index (χ0) is 12.4. The van der Waals surface area contributed by atoms with Gasteiger partial charge in [-0.15, -0.1) is 0 Å². The molecule has 0 rings (SSSR count). The number of aliphatic hydroxyl groups is 1. The quantitative estimate of drug-likeness (QED) is 0.556. The SMILES string of the molecule is COCCOCCCCNC(C)C(C)(C)O. The van der Waals surface area contributed by atoms with E-state index in [1.807, 2.05) is 20.8 Å². The van der Waals surface area contributed by atoms with E-state index in [1.165, 1.54) is 0 Å². The van der Waals surface area contributed by atoms with Gasteiger partial charge in [0.15, 0.2) is 0 Å². The van der Waals surface area contributed by atoms with Gasteiger partial charge in [0.1, 0.15) is 0 Å². The van der Waals surface area contributed by atoms with E-state index in [1.54, 1.807) is 7.11 Å². The number of ether oxygens (including phenoxy) is 2. The first-order chi connectivity index (χ1) is 7.48. The van der Waals surface area contributed by atoms with Crippen molar-refractivity contribution in [3.8, 4) is 0 Å². The Morgan fingerprint density at radius 1 is 1.19 bits per heavy atom. The van der Waals surface area contributed by atoms with Crippen molar-refractivity contribution in [3.05, 3.63) is 0 Å². The molecule has 0 heterocycles. The summed E-state index contributed by atoms with van der Waals surface area (Å²) >= 11 is 0. The second-order valence-corrected chi connectivity index (χ2v) is 4.64. The molecule has 0 amide bonds. The molecule has 4 heteroatoms. The van der Waals surface area contributed by atoms with Crippen LogP contribution in [0.4, 0.5) is 0 Å². The average Bonchev–Trinajstić information content (AvgIpc) is 2.20. The first-order valence-electron chi connectivity index (χ1n) is 6.01. The lowest BCUT2D eigenvalue weighted by Gasteiger charge is -2.26. The lowest BCUT2D eigenvalue weighted by molar-refractivity contribution is 0.0435. The lowest BCUT2D eigenvalue weighted by Crippen LogP contribution is -2.44. The standard InChI is InChI=1S/C12H27NO3/c1-11(12(2,3)14)13-7-5-6-8-16-10-9-15-4/h11,13-14H,5-10H2,1-4H3. The van der Waals surface area contributed by atoms with Crippen LogP contribution in [0.2, 0.25) is 0 Å². The molecular weight excluding hydrogens is 206 g/mol. The summed E-state index contributed by atoms with van der Waals surface area (Å²) in [4.78, 5) is 0. The van der Waals surface area contributed by atoms with Crippen LogP contribution in [-0.4, -0.2) is 50.2 Å². The molecule has 0 fully saturated rings. The van der Waals surface area contributed by atoms with E-state index < -0.39 is 5.60 Å². The third-order valence-corrected chi connectivity index (χ3v) is 2.66. The maximum Gasteiger partial charge on any atom is 0.0741 e. The lowest BCUT2D eigenvalue weighted by atomic mass is 10.0. The second-order valence-electron chi connectivity index (χ2n) is 4.64. The van der Waals surface area contributed by atoms with E-state index >= 15 is 0 Å². The van der Waals surface area contributed by atoms with E-state index in [2.05, 4.69) is 5.32 Å². The molecule has 0 aromatic heterocycles. The maximum absolute atomic E-state index is 9.68. The van der Waals surface area contributed by atoms with Gasteiger partial charge in [-0.05, 0) is 40.2 Å². The highest BCUT2D eigenvalue weighted by Gasteiger charge is 2.20. The van der Waals surface area contributed by atoms with Crippen molar-refractivity contribution in [1.82, 2.24) is 5.32 Å². The van der Waals surface area contributed by atoms with Crippen LogP contribution < -0.4 is 5.32 Å². The van der Waals surface area contributed by atoms with Crippen molar-refractivity contribution in [2.45, 2.75) is 45.3 Å². The van der Waals surface area contributed by atoms with E-state index in [-0.39, 0.29) is 6.04 Å². The molecule has 0 aliphatic carbocycles. The van der Waals surface area contributed by atoms with Crippen LogP contribution in [0.3, 0.4) is 0 Å². The maximum atomic E-state index is 9.68. The number of hydrogen-bond donors (Lipinski definition) is 2. The average molecular weight is 233 g/mol. The van der Waals surface area contributed by atoms with Crippen LogP contribution in [0.25, 0.3) is 0 Å². The highest BCUT2D eigenvalue weighted by atomic mass is 16.5. The summed E-state index contributed by atoms with van der Waals surface area (Å²) in [6.07, 6.45) is 2.10. The Hall–Kier alpha value is -0.160. The summed E-state index contributed by atoms with van der Waals surface area (Å²) in [5.41, 5.74) is -0.658. The van der Waals surface area contributed by atoms with E-state index in [0.29, 0.717) is 13.2 Å². The molecule has 0 aliphatic heterocycles. The van der Waals surface area contributed by atoms with E-state index in [4.69, 9.17) is 9.47 Å². The van der Waals surface area contributed by atoms with Crippen LogP contribution in [0.15, 0.2) is 0 Å². The largest absolute Gasteiger partial charge is 0.389 e. The molecule has 0 aromatic rings. The van der Waals surface area contributed by atoms with Gasteiger partial charge in [0.25, 0.3) is 0 Å². The van der Waals surface area contributed by atoms with Gasteiger partial charge in [0, 0.05) is 19.8 Å². The fraction of sp³-hybridized carbons (Fsp3) is 1.00. The Labute approximate surface area is 99.3 Å². The van der Waals surface area contributed by atoms with Gasteiger partial charge < -0.3 is 19.9 Å². The minimum Gasteiger partial charge on any atom is -0.389 e. The number of hydrogen-bond acceptors (Lipinski definition) is 4. The first kappa shape index (κ1) is 15.8. The molecule has 1 atom stereocenters. The smallest absolute Gasteiger partial charge is 0.0741 e. The Balaban J connectivity index is 3.21. The fourth-order valence-corrected chi connectivity index (χ4v) is 1.14. The van der Waals surface area contributed by atoms with Crippen molar-refractivity contribution in [2.24, 2.45) is 0 Å². The van der Waals surface area contributed by atoms with Crippen LogP contribution in [0.5, 0.6) is 0 Å². The Bertz CT molecular complexity index is 157. The summed E-state index contributed by atoms with van der Waals surface area (Å²) < 4.78 is 10.2. The number of nitrogens with one attached hydrogen (secondary N) is 1. The summed E-state index contributed by atoms with van der Waals surface area (Å²) in [7, 11) is 1.67. The van der Waals surface area contributed by atoms with Crippen molar-refractivity contribution in [1.29, 1.82) is 0 Å². The zero-order valence-electron chi connectivity index (χ0n) is 11.1. The zero-order valence-corrected chi connectivity index (χ0v) is 11.1. The van der Waals surface area contributed by atoms with Gasteiger partial charge in [-0.2, -0.15) is 0 Å². The van der Waals surface area contributed by atoms with Gasteiger partial charge in [0.2, 0.25) is 0 Å². The van der Waals surface area contributed by atoms with E-state index in [0.717, 1.165) is 26.0 Å². The van der Waals surface area contributed by atoms with Gasteiger partial charge in [-0.25, -0.2) is 0 Å². The third-order valence-electron chi connectivity index (χ3n) is 2.66. The topological polar surface area (TPSA) is 50.7 Å². The minimum atomic E-state index is -0.658. The molecule has 0 saturated heterocycles. The highest BCUT2D eigenvalue weighted by Crippen LogP contribution is 2.07. The molecule has 4 nitrogen and oxygen atoms in total. The van der Waals surface area contributed by atoms with Crippen LogP contribution in [0, 0.1) is 0 Å². The molecule has 0 aromatic carbocycles. The van der Waals surface area contributed by atoms with E-state index in [9.17, 15) is 5.11 Å². The fourth-order valence-electron chi connectivity index (χ4n) is 1.14. The molecule has 0 aliphatic rings. The molecule has 0 radical (unpaired) electrons. The molecule has 16 heavy (non-hydrogen) atoms. The Morgan fingerprint density at radius 2 is 1.88 bits per heavy atom. The number of unbranched alkanes of at least 4 members (excludes halogenated alkanes) is 1. The van der Waals surface area contributed by atoms with Crippen LogP contribution in [0.1, 0.15) is 33.6 Å².